The average molecular weight is 1620 g/mol. The van der Waals surface area contributed by atoms with Crippen LogP contribution < -0.4 is 75.7 Å². The molecule has 1 fully saturated rings. The Hall–Kier alpha value is -13.1. The summed E-state index contributed by atoms with van der Waals surface area (Å²) < 4.78 is 0. The highest BCUT2D eigenvalue weighted by Gasteiger charge is 2.42. The zero-order valence-electron chi connectivity index (χ0n) is 64.6. The Morgan fingerprint density at radius 2 is 0.957 bits per heavy atom. The summed E-state index contributed by atoms with van der Waals surface area (Å²) in [5, 5.41) is 79.4. The minimum Gasteiger partial charge on any atom is -0.480 e. The van der Waals surface area contributed by atoms with Gasteiger partial charge in [-0.1, -0.05) is 98.8 Å². The lowest BCUT2D eigenvalue weighted by molar-refractivity contribution is -0.143. The first kappa shape index (κ1) is 87.9. The molecule has 0 bridgehead atoms. The van der Waals surface area contributed by atoms with E-state index < -0.39 is 193 Å². The number of para-hydroxylation sites is 3. The molecule has 4 aromatic carbocycles. The minimum absolute atomic E-state index is 0.0138. The summed E-state index contributed by atoms with van der Waals surface area (Å²) in [4.78, 5) is 202. The van der Waals surface area contributed by atoms with Gasteiger partial charge in [-0.3, -0.25) is 62.9 Å². The van der Waals surface area contributed by atoms with Crippen LogP contribution in [0.4, 0.5) is 0 Å². The second-order valence-corrected chi connectivity index (χ2v) is 29.1. The number of guanidine groups is 1. The van der Waals surface area contributed by atoms with E-state index in [1.54, 1.807) is 85.3 Å². The molecule has 38 heteroatoms. The quantitative estimate of drug-likeness (QED) is 0.0104. The van der Waals surface area contributed by atoms with E-state index in [4.69, 9.17) is 22.6 Å². The maximum absolute atomic E-state index is 15.3. The molecule has 8 aromatic rings. The molecule has 0 radical (unpaired) electrons. The summed E-state index contributed by atoms with van der Waals surface area (Å²) in [6, 6.07) is 11.5. The van der Waals surface area contributed by atoms with Crippen molar-refractivity contribution in [2.45, 2.75) is 170 Å². The van der Waals surface area contributed by atoms with E-state index in [9.17, 15) is 73.2 Å². The van der Waals surface area contributed by atoms with Crippen LogP contribution in [-0.4, -0.2) is 238 Å². The third kappa shape index (κ3) is 24.3. The molecule has 0 saturated carbocycles. The molecule has 1 saturated heterocycles. The predicted octanol–water partition coefficient (Wildman–Crippen LogP) is -2.83. The van der Waals surface area contributed by atoms with Crippen LogP contribution in [0, 0.1) is 11.3 Å². The molecule has 0 aliphatic carbocycles. The third-order valence-electron chi connectivity index (χ3n) is 20.1. The monoisotopic (exact) mass is 1620 g/mol. The number of fused-ring (bicyclic) bond motifs is 3. The number of amides is 12. The molecule has 38 nitrogen and oxygen atoms in total. The highest BCUT2D eigenvalue weighted by atomic mass is 16.4. The zero-order valence-corrected chi connectivity index (χ0v) is 64.6. The smallest absolute Gasteiger partial charge is 0.328 e. The van der Waals surface area contributed by atoms with E-state index in [1.807, 2.05) is 36.4 Å². The number of hydrogen-bond acceptors (Lipinski definition) is 19. The van der Waals surface area contributed by atoms with Gasteiger partial charge in [0.2, 0.25) is 70.9 Å². The van der Waals surface area contributed by atoms with E-state index >= 15 is 9.59 Å². The van der Waals surface area contributed by atoms with Gasteiger partial charge in [0.15, 0.2) is 5.96 Å². The number of primary amides is 1. The van der Waals surface area contributed by atoms with Crippen molar-refractivity contribution in [1.82, 2.24) is 88.3 Å². The molecule has 1 aliphatic heterocycles. The number of likely N-dealkylation sites (tertiary alicyclic amines) is 1. The van der Waals surface area contributed by atoms with Gasteiger partial charge in [0.25, 0.3) is 0 Å². The van der Waals surface area contributed by atoms with Crippen molar-refractivity contribution in [3.8, 4) is 0 Å². The number of carbonyl (C=O) groups excluding carboxylic acids is 12. The van der Waals surface area contributed by atoms with Gasteiger partial charge in [0.1, 0.15) is 66.5 Å². The van der Waals surface area contributed by atoms with E-state index in [2.05, 4.69) is 83.4 Å². The standard InChI is InChI=1S/C79H101N21O17/c1-41(2)65(75(113)99-66(42(3)103)76(114)94-57(30-44-34-86-52-20-10-7-17-48(44)52)70(108)90-56(25-26-64(81)104)69(107)97-62(39-102)78(116)117)98-72(110)58(31-45-35-87-53-21-11-8-18-49(45)53)93-73(111)61(38-101)96-68(106)55(23-13-27-85-79(82)83)91-74(112)63-24-14-28-100(63)77(115)60(32-46-36-88-54-22-12-9-19-50(46)54)95-71(109)59(33-47-37-84-40-89-47)92-67(105)51(80)29-43-15-5-4-6-16-43/h4-12,15-22,34-37,40-42,51,55-63,65-66,86-88,101-103H,13-14,23-33,38-39,80H2,1-3H3,(H2,81,104)(H,84,89)(H,90,108)(H,91,112)(H,92,105)(H,93,111)(H,94,114)(H,95,109)(H,96,106)(H,97,107)(H,98,110)(H,99,113)(H,116,117)(H4,82,83,85)/t42-,51+,55+,56+,57+,58+,59+,60+,61+,62+,63+,65+,66+/m1/s1. The van der Waals surface area contributed by atoms with Crippen molar-refractivity contribution >= 4 is 116 Å². The highest BCUT2D eigenvalue weighted by Crippen LogP contribution is 2.26. The van der Waals surface area contributed by atoms with Crippen molar-refractivity contribution in [2.75, 3.05) is 26.3 Å². The van der Waals surface area contributed by atoms with Gasteiger partial charge in [-0.15, -0.1) is 0 Å². The fourth-order valence-electron chi connectivity index (χ4n) is 13.8. The fourth-order valence-corrected chi connectivity index (χ4v) is 13.8. The maximum Gasteiger partial charge on any atom is 0.328 e. The molecule has 4 aromatic heterocycles. The number of aliphatic hydroxyl groups excluding tert-OH is 3. The molecular weight excluding hydrogens is 1510 g/mol. The summed E-state index contributed by atoms with van der Waals surface area (Å²) >= 11 is 0. The second kappa shape index (κ2) is 41.8. The number of H-pyrrole nitrogens is 4. The zero-order chi connectivity index (χ0) is 84.6. The topological polar surface area (TPSA) is 616 Å². The number of aromatic amines is 4. The number of nitrogens with two attached hydrogens (primary N) is 3. The van der Waals surface area contributed by atoms with Gasteiger partial charge in [-0.05, 0) is 91.8 Å². The van der Waals surface area contributed by atoms with E-state index in [-0.39, 0.29) is 70.9 Å². The van der Waals surface area contributed by atoms with Gasteiger partial charge in [0, 0.05) is 108 Å². The number of benzene rings is 4. The Labute approximate surface area is 670 Å². The molecule has 1 aliphatic rings. The number of aromatic nitrogens is 5. The summed E-state index contributed by atoms with van der Waals surface area (Å²) in [6.45, 7) is 2.10. The van der Waals surface area contributed by atoms with E-state index in [0.717, 1.165) is 23.4 Å². The summed E-state index contributed by atoms with van der Waals surface area (Å²) in [6.07, 6.45) is 4.57. The van der Waals surface area contributed by atoms with Gasteiger partial charge >= 0.3 is 5.97 Å². The Balaban J connectivity index is 0.923. The third-order valence-corrected chi connectivity index (χ3v) is 20.1. The first-order valence-electron chi connectivity index (χ1n) is 38.3. The lowest BCUT2D eigenvalue weighted by Crippen LogP contribution is -2.63. The lowest BCUT2D eigenvalue weighted by Gasteiger charge is -2.31. The Morgan fingerprint density at radius 3 is 1.47 bits per heavy atom. The van der Waals surface area contributed by atoms with Crippen molar-refractivity contribution in [3.05, 3.63) is 162 Å². The first-order chi connectivity index (χ1) is 56.0. The minimum atomic E-state index is -1.90. The van der Waals surface area contributed by atoms with Crippen molar-refractivity contribution in [2.24, 2.45) is 23.1 Å². The van der Waals surface area contributed by atoms with Crippen LogP contribution in [0.25, 0.3) is 32.7 Å². The Kier molecular flexibility index (Phi) is 31.4. The van der Waals surface area contributed by atoms with Crippen LogP contribution in [0.15, 0.2) is 134 Å². The normalized spacial score (nSPS) is 15.8. The number of nitrogens with one attached hydrogen (secondary N) is 16. The van der Waals surface area contributed by atoms with Gasteiger partial charge < -0.3 is 121 Å². The predicted molar refractivity (Wildman–Crippen MR) is 426 cm³/mol. The molecule has 5 heterocycles. The number of rotatable bonds is 43. The number of carbonyl (C=O) groups is 13. The van der Waals surface area contributed by atoms with Crippen molar-refractivity contribution in [3.63, 3.8) is 0 Å². The maximum atomic E-state index is 15.3. The van der Waals surface area contributed by atoms with E-state index in [1.165, 1.54) is 31.3 Å². The average Bonchev–Trinajstić information content (AvgIpc) is 1.69. The van der Waals surface area contributed by atoms with Gasteiger partial charge in [0.05, 0.1) is 31.7 Å². The van der Waals surface area contributed by atoms with Crippen LogP contribution in [0.5, 0.6) is 0 Å². The Bertz CT molecular complexity index is 4830. The molecule has 26 N–H and O–H groups in total. The number of aliphatic carboxylic acids is 1. The first-order valence-corrected chi connectivity index (χ1v) is 38.3. The number of aliphatic hydroxyl groups is 3. The van der Waals surface area contributed by atoms with Crippen molar-refractivity contribution in [1.29, 1.82) is 5.41 Å². The summed E-state index contributed by atoms with van der Waals surface area (Å²) in [5.74, 6) is -14.3. The van der Waals surface area contributed by atoms with Gasteiger partial charge in [-0.2, -0.15) is 0 Å². The molecule has 624 valence electrons. The lowest BCUT2D eigenvalue weighted by atomic mass is 9.99. The van der Waals surface area contributed by atoms with Crippen molar-refractivity contribution < 1.29 is 82.8 Å². The largest absolute Gasteiger partial charge is 0.480 e. The number of imidazole rings is 1. The van der Waals surface area contributed by atoms with Crippen LogP contribution in [0.2, 0.25) is 0 Å². The number of carboxylic acid groups (broad SMARTS) is 1. The highest BCUT2D eigenvalue weighted by molar-refractivity contribution is 6.01. The summed E-state index contributed by atoms with van der Waals surface area (Å²) in [5.41, 5.74) is 22.2. The SMILES string of the molecule is CC(C)[C@H](NC(=O)[C@H](Cc1c[nH]c2ccccc12)NC(=O)[C@H](CO)NC(=O)[C@H](CCCNC(=N)N)NC(=O)[C@@H]1CCCN1C(=O)[C@H](Cc1c[nH]c2ccccc12)NC(=O)[C@H](Cc1cnc[nH]1)NC(=O)[C@@H](N)Cc1ccccc1)C(=O)N[C@H](C(=O)N[C@@H](Cc1c[nH]c2ccccc12)C(=O)N[C@@H](CCC(N)=O)C(=O)N[C@@H](CO)C(=O)O)[C@@H](C)O. The number of nitrogens with zero attached hydrogens (tertiary/aromatic N) is 2. The van der Waals surface area contributed by atoms with Crippen LogP contribution >= 0.6 is 0 Å². The number of hydrogen-bond donors (Lipinski definition) is 23. The molecule has 12 amide bonds. The molecule has 9 rings (SSSR count). The van der Waals surface area contributed by atoms with Crippen LogP contribution in [0.3, 0.4) is 0 Å². The van der Waals surface area contributed by atoms with E-state index in [0.29, 0.717) is 44.2 Å². The Morgan fingerprint density at radius 1 is 0.513 bits per heavy atom. The van der Waals surface area contributed by atoms with Crippen LogP contribution in [0.1, 0.15) is 87.2 Å². The molecular formula is C79H101N21O17. The fraction of sp³-hybridized carbons (Fsp3) is 0.405. The number of carboxylic acids is 1. The molecule has 0 spiro atoms. The molecule has 13 atom stereocenters. The molecule has 117 heavy (non-hydrogen) atoms. The van der Waals surface area contributed by atoms with Crippen LogP contribution in [-0.2, 0) is 94.4 Å². The van der Waals surface area contributed by atoms with Gasteiger partial charge in [-0.25, -0.2) is 9.78 Å². The second-order valence-electron chi connectivity index (χ2n) is 29.1. The summed E-state index contributed by atoms with van der Waals surface area (Å²) in [7, 11) is 0. The molecule has 0 unspecified atom stereocenters.